The number of hydrogen-bond acceptors (Lipinski definition) is 4. The van der Waals surface area contributed by atoms with Crippen molar-refractivity contribution in [3.8, 4) is 0 Å². The molecule has 0 spiro atoms. The fourth-order valence-corrected chi connectivity index (χ4v) is 3.83. The van der Waals surface area contributed by atoms with Crippen LogP contribution in [0.5, 0.6) is 0 Å². The predicted molar refractivity (Wildman–Crippen MR) is 115 cm³/mol. The highest BCUT2D eigenvalue weighted by atomic mass is 19.4. The van der Waals surface area contributed by atoms with Gasteiger partial charge in [-0.1, -0.05) is 19.1 Å². The van der Waals surface area contributed by atoms with Crippen LogP contribution >= 0.6 is 0 Å². The van der Waals surface area contributed by atoms with E-state index in [0.717, 1.165) is 16.7 Å². The van der Waals surface area contributed by atoms with Gasteiger partial charge in [-0.15, -0.1) is 0 Å². The Hall–Kier alpha value is -3.14. The van der Waals surface area contributed by atoms with Crippen LogP contribution in [-0.2, 0) is 19.1 Å². The molecular weight excluding hydrogens is 421 g/mol. The molecule has 3 aromatic rings. The SMILES string of the molecule is CCc1ccc(NC(=O)N2CCN(CCn3c(C(F)(F)F)nc4cccnc43)CC2)cc1. The summed E-state index contributed by atoms with van der Waals surface area (Å²) in [5.74, 6) is -0.932. The Labute approximate surface area is 183 Å². The highest BCUT2D eigenvalue weighted by Crippen LogP contribution is 2.30. The van der Waals surface area contributed by atoms with Gasteiger partial charge in [-0.3, -0.25) is 4.90 Å². The molecule has 0 unspecified atom stereocenters. The number of benzene rings is 1. The largest absolute Gasteiger partial charge is 0.449 e. The predicted octanol–water partition coefficient (Wildman–Crippen LogP) is 3.86. The lowest BCUT2D eigenvalue weighted by molar-refractivity contribution is -0.147. The Morgan fingerprint density at radius 2 is 1.78 bits per heavy atom. The van der Waals surface area contributed by atoms with Crippen molar-refractivity contribution < 1.29 is 18.0 Å². The van der Waals surface area contributed by atoms with Crippen molar-refractivity contribution in [2.75, 3.05) is 38.0 Å². The van der Waals surface area contributed by atoms with Crippen LogP contribution in [0.25, 0.3) is 11.2 Å². The maximum atomic E-state index is 13.4. The topological polar surface area (TPSA) is 66.3 Å². The molecule has 0 bridgehead atoms. The van der Waals surface area contributed by atoms with Gasteiger partial charge in [0.05, 0.1) is 0 Å². The Kier molecular flexibility index (Phi) is 6.31. The monoisotopic (exact) mass is 446 g/mol. The van der Waals surface area contributed by atoms with Crippen LogP contribution < -0.4 is 5.32 Å². The number of rotatable bonds is 5. The van der Waals surface area contributed by atoms with Crippen molar-refractivity contribution in [1.29, 1.82) is 0 Å². The van der Waals surface area contributed by atoms with Crippen LogP contribution in [-0.4, -0.2) is 63.1 Å². The van der Waals surface area contributed by atoms with Crippen molar-refractivity contribution >= 4 is 22.9 Å². The molecule has 2 aromatic heterocycles. The molecular formula is C22H25F3N6O. The van der Waals surface area contributed by atoms with E-state index in [1.165, 1.54) is 17.8 Å². The molecule has 1 aliphatic heterocycles. The third kappa shape index (κ3) is 4.85. The second kappa shape index (κ2) is 9.15. The average molecular weight is 446 g/mol. The van der Waals surface area contributed by atoms with Crippen molar-refractivity contribution in [3.63, 3.8) is 0 Å². The minimum atomic E-state index is -4.55. The number of carbonyl (C=O) groups is 1. The maximum Gasteiger partial charge on any atom is 0.449 e. The van der Waals surface area contributed by atoms with Gasteiger partial charge in [0.2, 0.25) is 5.82 Å². The van der Waals surface area contributed by atoms with Crippen molar-refractivity contribution in [2.24, 2.45) is 0 Å². The first-order valence-corrected chi connectivity index (χ1v) is 10.6. The number of nitrogens with zero attached hydrogens (tertiary/aromatic N) is 5. The zero-order valence-corrected chi connectivity index (χ0v) is 17.8. The summed E-state index contributed by atoms with van der Waals surface area (Å²) < 4.78 is 41.4. The zero-order valence-electron chi connectivity index (χ0n) is 17.8. The normalized spacial score (nSPS) is 15.3. The second-order valence-corrected chi connectivity index (χ2v) is 7.74. The number of carbonyl (C=O) groups excluding carboxylic acids is 1. The fourth-order valence-electron chi connectivity index (χ4n) is 3.83. The summed E-state index contributed by atoms with van der Waals surface area (Å²) in [7, 11) is 0. The van der Waals surface area contributed by atoms with Gasteiger partial charge in [0.15, 0.2) is 5.65 Å². The van der Waals surface area contributed by atoms with Gasteiger partial charge in [-0.2, -0.15) is 13.2 Å². The summed E-state index contributed by atoms with van der Waals surface area (Å²) >= 11 is 0. The van der Waals surface area contributed by atoms with E-state index in [1.54, 1.807) is 11.0 Å². The van der Waals surface area contributed by atoms with Gasteiger partial charge in [0.25, 0.3) is 0 Å². The van der Waals surface area contributed by atoms with E-state index in [0.29, 0.717) is 32.7 Å². The molecule has 170 valence electrons. The molecule has 7 nitrogen and oxygen atoms in total. The van der Waals surface area contributed by atoms with Crippen LogP contribution in [0.2, 0.25) is 0 Å². The molecule has 4 rings (SSSR count). The Balaban J connectivity index is 1.33. The molecule has 1 saturated heterocycles. The number of imidazole rings is 1. The highest BCUT2D eigenvalue weighted by Gasteiger charge is 2.38. The molecule has 0 aliphatic carbocycles. The summed E-state index contributed by atoms with van der Waals surface area (Å²) in [6, 6.07) is 10.7. The van der Waals surface area contributed by atoms with Crippen LogP contribution in [0.4, 0.5) is 23.7 Å². The first kappa shape index (κ1) is 22.1. The van der Waals surface area contributed by atoms with E-state index in [2.05, 4.69) is 27.1 Å². The van der Waals surface area contributed by atoms with Crippen LogP contribution in [0.15, 0.2) is 42.6 Å². The average Bonchev–Trinajstić information content (AvgIpc) is 3.18. The van der Waals surface area contributed by atoms with Crippen molar-refractivity contribution in [1.82, 2.24) is 24.3 Å². The van der Waals surface area contributed by atoms with Crippen molar-refractivity contribution in [3.05, 3.63) is 54.0 Å². The standard InChI is InChI=1S/C22H25F3N6O/c1-2-16-5-7-17(8-6-16)27-21(32)30-13-10-29(11-14-30)12-15-31-19-18(4-3-9-26-19)28-20(31)22(23,24)25/h3-9H,2,10-15H2,1H3,(H,27,32). The van der Waals surface area contributed by atoms with E-state index < -0.39 is 12.0 Å². The Morgan fingerprint density at radius 3 is 2.44 bits per heavy atom. The summed E-state index contributed by atoms with van der Waals surface area (Å²) in [5, 5.41) is 2.90. The molecule has 0 atom stereocenters. The third-order valence-electron chi connectivity index (χ3n) is 5.67. The Bertz CT molecular complexity index is 1070. The van der Waals surface area contributed by atoms with Crippen molar-refractivity contribution in [2.45, 2.75) is 26.1 Å². The van der Waals surface area contributed by atoms with E-state index >= 15 is 0 Å². The van der Waals surface area contributed by atoms with E-state index in [1.807, 2.05) is 24.3 Å². The number of anilines is 1. The van der Waals surface area contributed by atoms with E-state index in [-0.39, 0.29) is 23.7 Å². The summed E-state index contributed by atoms with van der Waals surface area (Å²) in [5.41, 5.74) is 2.40. The Morgan fingerprint density at radius 1 is 1.06 bits per heavy atom. The molecule has 0 saturated carbocycles. The molecule has 1 aliphatic rings. The molecule has 10 heteroatoms. The van der Waals surface area contributed by atoms with Gasteiger partial charge in [-0.05, 0) is 36.2 Å². The van der Waals surface area contributed by atoms with E-state index in [9.17, 15) is 18.0 Å². The quantitative estimate of drug-likeness (QED) is 0.646. The minimum Gasteiger partial charge on any atom is -0.322 e. The minimum absolute atomic E-state index is 0.123. The number of nitrogens with one attached hydrogen (secondary N) is 1. The summed E-state index contributed by atoms with van der Waals surface area (Å²) in [4.78, 5) is 24.1. The molecule has 1 fully saturated rings. The third-order valence-corrected chi connectivity index (χ3v) is 5.67. The smallest absolute Gasteiger partial charge is 0.322 e. The fraction of sp³-hybridized carbons (Fsp3) is 0.409. The first-order valence-electron chi connectivity index (χ1n) is 10.6. The van der Waals surface area contributed by atoms with Crippen LogP contribution in [0.1, 0.15) is 18.3 Å². The van der Waals surface area contributed by atoms with Gasteiger partial charge >= 0.3 is 12.2 Å². The van der Waals surface area contributed by atoms with Gasteiger partial charge in [-0.25, -0.2) is 14.8 Å². The lowest BCUT2D eigenvalue weighted by Crippen LogP contribution is -2.50. The number of urea groups is 1. The number of aryl methyl sites for hydroxylation is 1. The molecule has 2 amide bonds. The number of fused-ring (bicyclic) bond motifs is 1. The number of pyridine rings is 1. The number of alkyl halides is 3. The molecule has 32 heavy (non-hydrogen) atoms. The number of aromatic nitrogens is 3. The lowest BCUT2D eigenvalue weighted by atomic mass is 10.1. The van der Waals surface area contributed by atoms with Crippen LogP contribution in [0, 0.1) is 0 Å². The molecule has 1 N–H and O–H groups in total. The van der Waals surface area contributed by atoms with Crippen LogP contribution in [0.3, 0.4) is 0 Å². The molecule has 1 aromatic carbocycles. The number of piperazine rings is 1. The number of amides is 2. The van der Waals surface area contributed by atoms with Gasteiger partial charge < -0.3 is 14.8 Å². The summed E-state index contributed by atoms with van der Waals surface area (Å²) in [6.45, 7) is 4.80. The molecule has 3 heterocycles. The zero-order chi connectivity index (χ0) is 22.7. The first-order chi connectivity index (χ1) is 15.3. The van der Waals surface area contributed by atoms with E-state index in [4.69, 9.17) is 0 Å². The number of hydrogen-bond donors (Lipinski definition) is 1. The van der Waals surface area contributed by atoms with Gasteiger partial charge in [0.1, 0.15) is 5.52 Å². The number of halogens is 3. The maximum absolute atomic E-state index is 13.4. The highest BCUT2D eigenvalue weighted by molar-refractivity contribution is 5.89. The molecule has 0 radical (unpaired) electrons. The second-order valence-electron chi connectivity index (χ2n) is 7.74. The van der Waals surface area contributed by atoms with Gasteiger partial charge in [0, 0.05) is 51.2 Å². The summed E-state index contributed by atoms with van der Waals surface area (Å²) in [6.07, 6.45) is -2.15. The lowest BCUT2D eigenvalue weighted by Gasteiger charge is -2.34.